The van der Waals surface area contributed by atoms with Crippen LogP contribution in [0.25, 0.3) is 10.2 Å². The van der Waals surface area contributed by atoms with Gasteiger partial charge in [0.05, 0.1) is 17.8 Å². The Labute approximate surface area is 238 Å². The first-order valence-electron chi connectivity index (χ1n) is 11.6. The molecular weight excluding hydrogens is 597 g/mol. The van der Waals surface area contributed by atoms with E-state index in [-0.39, 0.29) is 9.71 Å². The molecule has 0 N–H and O–H groups in total. The van der Waals surface area contributed by atoms with Gasteiger partial charge >= 0.3 is 18.3 Å². The second-order valence-electron chi connectivity index (χ2n) is 9.82. The molecule has 1 fully saturated rings. The number of ether oxygens (including phenoxy) is 1. The molecule has 1 aliphatic heterocycles. The van der Waals surface area contributed by atoms with Crippen LogP contribution in [0.15, 0.2) is 24.3 Å². The van der Waals surface area contributed by atoms with Gasteiger partial charge < -0.3 is 9.64 Å². The zero-order chi connectivity index (χ0) is 30.6. The Balaban J connectivity index is 1.87. The van der Waals surface area contributed by atoms with Crippen LogP contribution in [0.5, 0.6) is 0 Å². The number of nitriles is 1. The highest BCUT2D eigenvalue weighted by atomic mass is 35.5. The van der Waals surface area contributed by atoms with Gasteiger partial charge in [-0.2, -0.15) is 18.4 Å². The highest BCUT2D eigenvalue weighted by Crippen LogP contribution is 2.41. The maximum absolute atomic E-state index is 14.7. The van der Waals surface area contributed by atoms with Gasteiger partial charge in [0.15, 0.2) is 5.82 Å². The number of hydrogen-bond donors (Lipinski definition) is 0. The van der Waals surface area contributed by atoms with Gasteiger partial charge in [-0.1, -0.05) is 11.6 Å². The number of benzene rings is 1. The average molecular weight is 616 g/mol. The number of imide groups is 1. The molecule has 0 radical (unpaired) electrons. The lowest BCUT2D eigenvalue weighted by atomic mass is 10.1. The number of urea groups is 1. The van der Waals surface area contributed by atoms with Crippen molar-refractivity contribution < 1.29 is 41.1 Å². The van der Waals surface area contributed by atoms with Gasteiger partial charge in [-0.25, -0.2) is 28.3 Å². The number of halogens is 6. The van der Waals surface area contributed by atoms with Gasteiger partial charge in [0, 0.05) is 12.4 Å². The molecule has 3 heterocycles. The monoisotopic (exact) mass is 615 g/mol. The van der Waals surface area contributed by atoms with Crippen LogP contribution < -0.4 is 9.80 Å². The number of pyridine rings is 1. The fraction of sp³-hybridized carbons (Fsp3) is 0.320. The van der Waals surface area contributed by atoms with Crippen molar-refractivity contribution in [2.24, 2.45) is 0 Å². The van der Waals surface area contributed by atoms with Crippen LogP contribution in [0.3, 0.4) is 0 Å². The van der Waals surface area contributed by atoms with E-state index in [2.05, 4.69) is 4.98 Å². The maximum atomic E-state index is 14.7. The third kappa shape index (κ3) is 5.62. The predicted octanol–water partition coefficient (Wildman–Crippen LogP) is 6.33. The Morgan fingerprint density at radius 2 is 1.88 bits per heavy atom. The number of anilines is 2. The van der Waals surface area contributed by atoms with E-state index in [0.717, 1.165) is 25.2 Å². The van der Waals surface area contributed by atoms with Crippen LogP contribution in [-0.4, -0.2) is 53.2 Å². The molecule has 1 aromatic carbocycles. The number of aromatic nitrogens is 1. The number of carbonyl (C=O) groups excluding carboxylic acids is 3. The van der Waals surface area contributed by atoms with Crippen LogP contribution in [-0.2, 0) is 15.7 Å². The lowest BCUT2D eigenvalue weighted by Gasteiger charge is -2.27. The van der Waals surface area contributed by atoms with Gasteiger partial charge in [0.2, 0.25) is 0 Å². The summed E-state index contributed by atoms with van der Waals surface area (Å²) in [6.45, 7) is 3.82. The fourth-order valence-electron chi connectivity index (χ4n) is 4.04. The molecule has 9 nitrogen and oxygen atoms in total. The van der Waals surface area contributed by atoms with Crippen LogP contribution >= 0.6 is 22.9 Å². The van der Waals surface area contributed by atoms with Gasteiger partial charge in [0.1, 0.15) is 44.1 Å². The van der Waals surface area contributed by atoms with E-state index < -0.39 is 81.5 Å². The number of hydrogen-bond acceptors (Lipinski definition) is 7. The molecular formula is C25H19ClF5N5O4S. The first-order chi connectivity index (χ1) is 18.9. The van der Waals surface area contributed by atoms with Gasteiger partial charge in [0.25, 0.3) is 5.91 Å². The standard InChI is InChI=1S/C25H19ClF5N5O4S/c1-24(2,3)40-23(39)35-10-16(21(37)34(4)15-6-5-14(27)18(26)19(15)28)36(22(35)38)17-8-13(25(29,30)31)12-7-11(9-32)41-20(12)33-17/h5-8,16H,10H2,1-4H3/t16-/m0/s1. The van der Waals surface area contributed by atoms with Crippen molar-refractivity contribution in [2.45, 2.75) is 38.6 Å². The summed E-state index contributed by atoms with van der Waals surface area (Å²) in [5.41, 5.74) is -2.82. The quantitative estimate of drug-likeness (QED) is 0.252. The van der Waals surface area contributed by atoms with Gasteiger partial charge in [-0.15, -0.1) is 11.3 Å². The van der Waals surface area contributed by atoms with Gasteiger partial charge in [-0.3, -0.25) is 9.69 Å². The molecule has 4 rings (SSSR count). The number of fused-ring (bicyclic) bond motifs is 1. The lowest BCUT2D eigenvalue weighted by Crippen LogP contribution is -2.47. The molecule has 216 valence electrons. The van der Waals surface area contributed by atoms with E-state index >= 15 is 0 Å². The Morgan fingerprint density at radius 3 is 2.46 bits per heavy atom. The smallest absolute Gasteiger partial charge is 0.418 e. The number of alkyl halides is 3. The van der Waals surface area contributed by atoms with E-state index in [1.807, 2.05) is 0 Å². The molecule has 0 saturated carbocycles. The Hall–Kier alpha value is -4.03. The van der Waals surface area contributed by atoms with E-state index in [1.165, 1.54) is 20.8 Å². The number of nitrogens with zero attached hydrogens (tertiary/aromatic N) is 5. The van der Waals surface area contributed by atoms with Crippen molar-refractivity contribution in [3.05, 3.63) is 51.4 Å². The van der Waals surface area contributed by atoms with Crippen molar-refractivity contribution >= 4 is 62.7 Å². The molecule has 0 bridgehead atoms. The van der Waals surface area contributed by atoms with E-state index in [9.17, 15) is 41.6 Å². The Kier molecular flexibility index (Phi) is 7.61. The van der Waals surface area contributed by atoms with E-state index in [4.69, 9.17) is 16.3 Å². The third-order valence-corrected chi connectivity index (χ3v) is 7.14. The average Bonchev–Trinajstić information content (AvgIpc) is 3.45. The largest absolute Gasteiger partial charge is 0.443 e. The highest BCUT2D eigenvalue weighted by molar-refractivity contribution is 7.19. The molecule has 4 amide bonds. The number of rotatable bonds is 3. The summed E-state index contributed by atoms with van der Waals surface area (Å²) in [7, 11) is 1.07. The van der Waals surface area contributed by atoms with Crippen molar-refractivity contribution in [3.63, 3.8) is 0 Å². The first kappa shape index (κ1) is 29.9. The molecule has 1 atom stereocenters. The molecule has 16 heteroatoms. The summed E-state index contributed by atoms with van der Waals surface area (Å²) < 4.78 is 75.8. The molecule has 1 saturated heterocycles. The summed E-state index contributed by atoms with van der Waals surface area (Å²) in [5, 5.41) is 7.89. The summed E-state index contributed by atoms with van der Waals surface area (Å²) in [5.74, 6) is -4.13. The SMILES string of the molecule is CN(C(=O)[C@@H]1CN(C(=O)OC(C)(C)C)C(=O)N1c1cc(C(F)(F)F)c2cc(C#N)sc2n1)c1ccc(F)c(Cl)c1F. The van der Waals surface area contributed by atoms with Gasteiger partial charge in [-0.05, 0) is 45.0 Å². The Morgan fingerprint density at radius 1 is 1.22 bits per heavy atom. The minimum atomic E-state index is -4.96. The zero-order valence-corrected chi connectivity index (χ0v) is 23.2. The molecule has 0 unspecified atom stereocenters. The van der Waals surface area contributed by atoms with Crippen molar-refractivity contribution in [2.75, 3.05) is 23.4 Å². The van der Waals surface area contributed by atoms with Crippen molar-refractivity contribution in [1.82, 2.24) is 9.88 Å². The number of carbonyl (C=O) groups is 3. The summed E-state index contributed by atoms with van der Waals surface area (Å²) in [4.78, 5) is 45.5. The normalized spacial score (nSPS) is 15.8. The van der Waals surface area contributed by atoms with Crippen molar-refractivity contribution in [1.29, 1.82) is 5.26 Å². The number of likely N-dealkylation sites (N-methyl/N-ethyl adjacent to an activating group) is 1. The van der Waals surface area contributed by atoms with Crippen LogP contribution in [0, 0.1) is 23.0 Å². The second kappa shape index (κ2) is 10.4. The lowest BCUT2D eigenvalue weighted by molar-refractivity contribution is -0.136. The van der Waals surface area contributed by atoms with Crippen LogP contribution in [0.1, 0.15) is 31.2 Å². The zero-order valence-electron chi connectivity index (χ0n) is 21.6. The predicted molar refractivity (Wildman–Crippen MR) is 139 cm³/mol. The molecule has 3 aromatic rings. The minimum absolute atomic E-state index is 0.0886. The second-order valence-corrected chi connectivity index (χ2v) is 11.2. The minimum Gasteiger partial charge on any atom is -0.443 e. The molecule has 41 heavy (non-hydrogen) atoms. The Bertz CT molecular complexity index is 1630. The van der Waals surface area contributed by atoms with Crippen molar-refractivity contribution in [3.8, 4) is 6.07 Å². The van der Waals surface area contributed by atoms with E-state index in [1.54, 1.807) is 6.07 Å². The summed E-state index contributed by atoms with van der Waals surface area (Å²) >= 11 is 6.26. The fourth-order valence-corrected chi connectivity index (χ4v) is 5.05. The first-order valence-corrected chi connectivity index (χ1v) is 12.8. The number of amides is 4. The molecule has 1 aliphatic rings. The topological polar surface area (TPSA) is 107 Å². The highest BCUT2D eigenvalue weighted by Gasteiger charge is 2.49. The summed E-state index contributed by atoms with van der Waals surface area (Å²) in [6, 6.07) is 2.00. The maximum Gasteiger partial charge on any atom is 0.418 e. The molecule has 0 spiro atoms. The third-order valence-electron chi connectivity index (χ3n) is 5.86. The van der Waals surface area contributed by atoms with Crippen LogP contribution in [0.4, 0.5) is 43.0 Å². The van der Waals surface area contributed by atoms with Crippen LogP contribution in [0.2, 0.25) is 5.02 Å². The van der Waals surface area contributed by atoms with E-state index in [0.29, 0.717) is 32.1 Å². The number of thiophene rings is 1. The molecule has 2 aromatic heterocycles. The molecule has 0 aliphatic carbocycles. The summed E-state index contributed by atoms with van der Waals surface area (Å²) in [6.07, 6.45) is -6.15.